The van der Waals surface area contributed by atoms with Gasteiger partial charge in [0.25, 0.3) is 0 Å². The number of benzene rings is 3. The number of ether oxygens (including phenoxy) is 2. The summed E-state index contributed by atoms with van der Waals surface area (Å²) in [5, 5.41) is 0. The molecule has 0 N–H and O–H groups in total. The Morgan fingerprint density at radius 3 is 2.00 bits per heavy atom. The Balaban J connectivity index is 1.35. The van der Waals surface area contributed by atoms with Crippen molar-refractivity contribution in [1.29, 1.82) is 0 Å². The van der Waals surface area contributed by atoms with Gasteiger partial charge in [0.05, 0.1) is 19.3 Å². The normalized spacial score (nSPS) is 18.7. The largest absolute Gasteiger partial charge is 0.487 e. The van der Waals surface area contributed by atoms with Gasteiger partial charge in [-0.05, 0) is 53.8 Å². The van der Waals surface area contributed by atoms with Gasteiger partial charge in [-0.2, -0.15) is 0 Å². The van der Waals surface area contributed by atoms with Crippen LogP contribution in [-0.2, 0) is 4.74 Å². The minimum Gasteiger partial charge on any atom is -0.487 e. The first-order chi connectivity index (χ1) is 14.9. The van der Waals surface area contributed by atoms with Crippen LogP contribution in [0.5, 0.6) is 5.75 Å². The summed E-state index contributed by atoms with van der Waals surface area (Å²) in [6, 6.07) is 12.5. The van der Waals surface area contributed by atoms with Gasteiger partial charge < -0.3 is 9.47 Å². The summed E-state index contributed by atoms with van der Waals surface area (Å²) in [7, 11) is 0. The fourth-order valence-corrected chi connectivity index (χ4v) is 3.63. The molecule has 2 atom stereocenters. The highest BCUT2D eigenvalue weighted by atomic mass is 19.2. The zero-order chi connectivity index (χ0) is 22.0. The van der Waals surface area contributed by atoms with Crippen molar-refractivity contribution in [1.82, 2.24) is 0 Å². The maximum absolute atomic E-state index is 13.7. The van der Waals surface area contributed by atoms with Gasteiger partial charge in [0.15, 0.2) is 34.8 Å². The van der Waals surface area contributed by atoms with Crippen LogP contribution in [0.25, 0.3) is 11.1 Å². The summed E-state index contributed by atoms with van der Waals surface area (Å²) < 4.78 is 78.6. The number of halogens is 5. The molecule has 31 heavy (non-hydrogen) atoms. The molecule has 0 aliphatic carbocycles. The van der Waals surface area contributed by atoms with Gasteiger partial charge in [-0.25, -0.2) is 22.0 Å². The quantitative estimate of drug-likeness (QED) is 0.333. The predicted molar refractivity (Wildman–Crippen MR) is 105 cm³/mol. The molecule has 0 bridgehead atoms. The van der Waals surface area contributed by atoms with Crippen LogP contribution in [0.15, 0.2) is 54.6 Å². The Bertz CT molecular complexity index is 1020. The van der Waals surface area contributed by atoms with Gasteiger partial charge in [0.1, 0.15) is 0 Å². The molecule has 1 heterocycles. The second-order valence-electron chi connectivity index (χ2n) is 7.50. The first kappa shape index (κ1) is 21.3. The van der Waals surface area contributed by atoms with E-state index < -0.39 is 29.1 Å². The lowest BCUT2D eigenvalue weighted by Crippen LogP contribution is -2.25. The van der Waals surface area contributed by atoms with Crippen LogP contribution in [0.4, 0.5) is 22.0 Å². The molecular weight excluding hydrogens is 415 g/mol. The maximum atomic E-state index is 13.7. The lowest BCUT2D eigenvalue weighted by Gasteiger charge is -2.29. The second kappa shape index (κ2) is 9.06. The fourth-order valence-electron chi connectivity index (χ4n) is 3.63. The third-order valence-corrected chi connectivity index (χ3v) is 5.35. The minimum absolute atomic E-state index is 0.000282. The van der Waals surface area contributed by atoms with Gasteiger partial charge in [-0.3, -0.25) is 0 Å². The van der Waals surface area contributed by atoms with Gasteiger partial charge in [0, 0.05) is 5.92 Å². The van der Waals surface area contributed by atoms with E-state index in [9.17, 15) is 22.0 Å². The fraction of sp³-hybridized carbons (Fsp3) is 0.250. The molecule has 3 aromatic carbocycles. The molecule has 3 aromatic rings. The Morgan fingerprint density at radius 2 is 1.42 bits per heavy atom. The predicted octanol–water partition coefficient (Wildman–Crippen LogP) is 6.60. The molecule has 1 aliphatic heterocycles. The van der Waals surface area contributed by atoms with E-state index in [0.29, 0.717) is 18.6 Å². The van der Waals surface area contributed by atoms with Crippen LogP contribution in [0, 0.1) is 35.0 Å². The molecule has 162 valence electrons. The van der Waals surface area contributed by atoms with Crippen LogP contribution in [0.2, 0.25) is 0 Å². The molecule has 0 saturated carbocycles. The molecular formula is C24H19F5O2. The third kappa shape index (κ3) is 4.71. The SMILES string of the molecule is Fc1cc(-c2ccc(C3CCC(COc4c(F)cccc4F)CO3)cc2)cc(F)c1F. The van der Waals surface area contributed by atoms with Crippen molar-refractivity contribution in [2.24, 2.45) is 5.92 Å². The monoisotopic (exact) mass is 434 g/mol. The first-order valence-corrected chi connectivity index (χ1v) is 9.85. The van der Waals surface area contributed by atoms with E-state index in [1.54, 1.807) is 24.3 Å². The Hall–Kier alpha value is -2.93. The summed E-state index contributed by atoms with van der Waals surface area (Å²) in [5.41, 5.74) is 1.69. The molecule has 2 unspecified atom stereocenters. The van der Waals surface area contributed by atoms with Gasteiger partial charge in [-0.1, -0.05) is 30.3 Å². The third-order valence-electron chi connectivity index (χ3n) is 5.35. The van der Waals surface area contributed by atoms with E-state index in [1.807, 2.05) is 0 Å². The molecule has 0 spiro atoms. The van der Waals surface area contributed by atoms with E-state index in [-0.39, 0.29) is 29.9 Å². The van der Waals surface area contributed by atoms with Crippen molar-refractivity contribution in [2.75, 3.05) is 13.2 Å². The molecule has 1 fully saturated rings. The van der Waals surface area contributed by atoms with Crippen molar-refractivity contribution < 1.29 is 31.4 Å². The molecule has 4 rings (SSSR count). The second-order valence-corrected chi connectivity index (χ2v) is 7.50. The zero-order valence-electron chi connectivity index (χ0n) is 16.4. The first-order valence-electron chi connectivity index (χ1n) is 9.85. The zero-order valence-corrected chi connectivity index (χ0v) is 16.4. The van der Waals surface area contributed by atoms with Crippen molar-refractivity contribution in [2.45, 2.75) is 18.9 Å². The maximum Gasteiger partial charge on any atom is 0.194 e. The Labute approximate surface area is 176 Å². The standard InChI is InChI=1S/C24H19F5O2/c25-18-2-1-3-19(26)24(18)31-13-14-4-9-22(30-12-14)16-7-5-15(6-8-16)17-10-20(27)23(29)21(28)11-17/h1-3,5-8,10-11,14,22H,4,9,12-13H2. The van der Waals surface area contributed by atoms with E-state index in [2.05, 4.69) is 0 Å². The highest BCUT2D eigenvalue weighted by Crippen LogP contribution is 2.33. The van der Waals surface area contributed by atoms with Crippen molar-refractivity contribution in [3.05, 3.63) is 89.2 Å². The van der Waals surface area contributed by atoms with Crippen molar-refractivity contribution in [3.8, 4) is 16.9 Å². The van der Waals surface area contributed by atoms with Crippen molar-refractivity contribution >= 4 is 0 Å². The summed E-state index contributed by atoms with van der Waals surface area (Å²) in [6.45, 7) is 0.516. The van der Waals surface area contributed by atoms with E-state index in [4.69, 9.17) is 9.47 Å². The van der Waals surface area contributed by atoms with E-state index in [0.717, 1.165) is 36.2 Å². The van der Waals surface area contributed by atoms with Crippen LogP contribution in [0.3, 0.4) is 0 Å². The van der Waals surface area contributed by atoms with E-state index in [1.165, 1.54) is 6.07 Å². The average molecular weight is 434 g/mol. The number of hydrogen-bond acceptors (Lipinski definition) is 2. The molecule has 0 amide bonds. The summed E-state index contributed by atoms with van der Waals surface area (Å²) in [6.07, 6.45) is 1.27. The van der Waals surface area contributed by atoms with Gasteiger partial charge in [0.2, 0.25) is 0 Å². The van der Waals surface area contributed by atoms with Crippen LogP contribution in [0.1, 0.15) is 24.5 Å². The number of rotatable bonds is 5. The highest BCUT2D eigenvalue weighted by molar-refractivity contribution is 5.64. The minimum atomic E-state index is -1.49. The molecule has 7 heteroatoms. The Kier molecular flexibility index (Phi) is 6.23. The molecule has 1 saturated heterocycles. The van der Waals surface area contributed by atoms with E-state index >= 15 is 0 Å². The van der Waals surface area contributed by atoms with Crippen LogP contribution >= 0.6 is 0 Å². The lowest BCUT2D eigenvalue weighted by molar-refractivity contribution is -0.0291. The molecule has 0 aromatic heterocycles. The topological polar surface area (TPSA) is 18.5 Å². The smallest absolute Gasteiger partial charge is 0.194 e. The van der Waals surface area contributed by atoms with Crippen molar-refractivity contribution in [3.63, 3.8) is 0 Å². The van der Waals surface area contributed by atoms with Gasteiger partial charge >= 0.3 is 0 Å². The number of hydrogen-bond donors (Lipinski definition) is 0. The summed E-state index contributed by atoms with van der Waals surface area (Å²) >= 11 is 0. The molecule has 0 radical (unpaired) electrons. The van der Waals surface area contributed by atoms with Gasteiger partial charge in [-0.15, -0.1) is 0 Å². The van der Waals surface area contributed by atoms with Crippen LogP contribution in [-0.4, -0.2) is 13.2 Å². The Morgan fingerprint density at radius 1 is 0.774 bits per heavy atom. The van der Waals surface area contributed by atoms with Crippen LogP contribution < -0.4 is 4.74 Å². The molecule has 2 nitrogen and oxygen atoms in total. The summed E-state index contributed by atoms with van der Waals surface area (Å²) in [5.74, 6) is -5.83. The summed E-state index contributed by atoms with van der Waals surface area (Å²) in [4.78, 5) is 0. The average Bonchev–Trinajstić information content (AvgIpc) is 2.77. The lowest BCUT2D eigenvalue weighted by atomic mass is 9.94. The molecule has 1 aliphatic rings. The number of para-hydroxylation sites is 1. The highest BCUT2D eigenvalue weighted by Gasteiger charge is 2.24.